The van der Waals surface area contributed by atoms with E-state index in [4.69, 9.17) is 0 Å². The fraction of sp³-hybridized carbons (Fsp3) is 0.125. The predicted molar refractivity (Wildman–Crippen MR) is 85.3 cm³/mol. The lowest BCUT2D eigenvalue weighted by Crippen LogP contribution is -2.18. The first kappa shape index (κ1) is 13.6. The molecule has 3 aromatic rings. The van der Waals surface area contributed by atoms with Gasteiger partial charge in [0, 0.05) is 18.1 Å². The Hall–Kier alpha value is -2.40. The van der Waals surface area contributed by atoms with E-state index in [-0.39, 0.29) is 12.5 Å². The van der Waals surface area contributed by atoms with Gasteiger partial charge in [-0.15, -0.1) is 11.3 Å². The number of nitrogens with zero attached hydrogens (tertiary/aromatic N) is 2. The smallest absolute Gasteiger partial charge is 0.244 e. The molecule has 0 radical (unpaired) electrons. The van der Waals surface area contributed by atoms with Gasteiger partial charge in [-0.25, -0.2) is 4.98 Å². The van der Waals surface area contributed by atoms with E-state index in [1.54, 1.807) is 17.5 Å². The maximum atomic E-state index is 12.2. The number of aromatic nitrogens is 2. The number of rotatable bonds is 4. The summed E-state index contributed by atoms with van der Waals surface area (Å²) in [7, 11) is 0. The molecule has 0 saturated heterocycles. The van der Waals surface area contributed by atoms with Gasteiger partial charge in [-0.05, 0) is 36.1 Å². The lowest BCUT2D eigenvalue weighted by molar-refractivity contribution is -0.116. The summed E-state index contributed by atoms with van der Waals surface area (Å²) in [6.45, 7) is 2.25. The summed E-state index contributed by atoms with van der Waals surface area (Å²) in [5.41, 5.74) is 1.94. The normalized spacial score (nSPS) is 10.5. The lowest BCUT2D eigenvalue weighted by Gasteiger charge is -2.08. The Labute approximate surface area is 127 Å². The molecule has 0 unspecified atom stereocenters. The van der Waals surface area contributed by atoms with Crippen LogP contribution in [0.25, 0.3) is 10.7 Å². The number of hydrogen-bond acceptors (Lipinski definition) is 3. The molecule has 21 heavy (non-hydrogen) atoms. The summed E-state index contributed by atoms with van der Waals surface area (Å²) in [5.74, 6) is 0.765. The molecule has 0 atom stereocenters. The van der Waals surface area contributed by atoms with E-state index in [0.717, 1.165) is 22.0 Å². The standard InChI is InChI=1S/C16H15N3OS/c1-12-4-2-5-13(10-12)18-15(20)11-19-8-7-17-16(19)14-6-3-9-21-14/h2-10H,11H2,1H3,(H,18,20). The summed E-state index contributed by atoms with van der Waals surface area (Å²) in [4.78, 5) is 17.5. The third-order valence-electron chi connectivity index (χ3n) is 3.07. The van der Waals surface area contributed by atoms with E-state index in [0.29, 0.717) is 0 Å². The van der Waals surface area contributed by atoms with Crippen molar-refractivity contribution in [1.29, 1.82) is 0 Å². The Bertz CT molecular complexity index is 746. The number of nitrogens with one attached hydrogen (secondary N) is 1. The number of carbonyl (C=O) groups is 1. The highest BCUT2D eigenvalue weighted by Gasteiger charge is 2.10. The molecule has 0 aliphatic carbocycles. The zero-order valence-corrected chi connectivity index (χ0v) is 12.4. The van der Waals surface area contributed by atoms with E-state index in [1.165, 1.54) is 0 Å². The summed E-state index contributed by atoms with van der Waals surface area (Å²) in [5, 5.41) is 4.91. The van der Waals surface area contributed by atoms with Crippen molar-refractivity contribution in [3.05, 3.63) is 59.7 Å². The molecular formula is C16H15N3OS. The van der Waals surface area contributed by atoms with Crippen LogP contribution in [-0.2, 0) is 11.3 Å². The number of aryl methyl sites for hydroxylation is 1. The van der Waals surface area contributed by atoms with E-state index in [2.05, 4.69) is 10.3 Å². The fourth-order valence-electron chi connectivity index (χ4n) is 2.15. The largest absolute Gasteiger partial charge is 0.325 e. The summed E-state index contributed by atoms with van der Waals surface area (Å²) >= 11 is 1.61. The van der Waals surface area contributed by atoms with Crippen molar-refractivity contribution in [2.24, 2.45) is 0 Å². The summed E-state index contributed by atoms with van der Waals surface area (Å²) in [6.07, 6.45) is 3.54. The fourth-order valence-corrected chi connectivity index (χ4v) is 2.88. The van der Waals surface area contributed by atoms with Gasteiger partial charge in [0.15, 0.2) is 0 Å². The van der Waals surface area contributed by atoms with Crippen molar-refractivity contribution < 1.29 is 4.79 Å². The van der Waals surface area contributed by atoms with Gasteiger partial charge >= 0.3 is 0 Å². The quantitative estimate of drug-likeness (QED) is 0.800. The van der Waals surface area contributed by atoms with Crippen molar-refractivity contribution >= 4 is 22.9 Å². The van der Waals surface area contributed by atoms with E-state index in [1.807, 2.05) is 59.5 Å². The van der Waals surface area contributed by atoms with Crippen molar-refractivity contribution in [2.75, 3.05) is 5.32 Å². The Morgan fingerprint density at radius 2 is 2.24 bits per heavy atom. The first-order valence-corrected chi connectivity index (χ1v) is 7.52. The van der Waals surface area contributed by atoms with Crippen LogP contribution in [-0.4, -0.2) is 15.5 Å². The van der Waals surface area contributed by atoms with Crippen LogP contribution in [0.1, 0.15) is 5.56 Å². The zero-order chi connectivity index (χ0) is 14.7. The molecule has 4 nitrogen and oxygen atoms in total. The molecule has 0 aliphatic heterocycles. The third kappa shape index (κ3) is 3.20. The Balaban J connectivity index is 1.73. The van der Waals surface area contributed by atoms with Gasteiger partial charge in [-0.1, -0.05) is 18.2 Å². The molecule has 1 amide bonds. The molecule has 1 N–H and O–H groups in total. The molecule has 2 heterocycles. The predicted octanol–water partition coefficient (Wildman–Crippen LogP) is 3.56. The summed E-state index contributed by atoms with van der Waals surface area (Å²) in [6, 6.07) is 11.7. The van der Waals surface area contributed by atoms with Gasteiger partial charge in [-0.2, -0.15) is 0 Å². The summed E-state index contributed by atoms with van der Waals surface area (Å²) < 4.78 is 1.86. The third-order valence-corrected chi connectivity index (χ3v) is 3.94. The maximum absolute atomic E-state index is 12.2. The van der Waals surface area contributed by atoms with Crippen LogP contribution in [0.15, 0.2) is 54.2 Å². The molecule has 0 spiro atoms. The van der Waals surface area contributed by atoms with Gasteiger partial charge in [0.05, 0.1) is 4.88 Å². The second kappa shape index (κ2) is 5.93. The monoisotopic (exact) mass is 297 g/mol. The molecule has 0 saturated carbocycles. The molecular weight excluding hydrogens is 282 g/mol. The first-order chi connectivity index (χ1) is 10.2. The molecule has 3 rings (SSSR count). The van der Waals surface area contributed by atoms with Gasteiger partial charge in [0.25, 0.3) is 0 Å². The van der Waals surface area contributed by atoms with E-state index in [9.17, 15) is 4.79 Å². The maximum Gasteiger partial charge on any atom is 0.244 e. The number of anilines is 1. The highest BCUT2D eigenvalue weighted by atomic mass is 32.1. The molecule has 5 heteroatoms. The lowest BCUT2D eigenvalue weighted by atomic mass is 10.2. The Morgan fingerprint density at radius 3 is 3.00 bits per heavy atom. The molecule has 0 fully saturated rings. The van der Waals surface area contributed by atoms with Gasteiger partial charge < -0.3 is 9.88 Å². The van der Waals surface area contributed by atoms with Crippen LogP contribution in [0.3, 0.4) is 0 Å². The average Bonchev–Trinajstić information content (AvgIpc) is 3.08. The molecule has 1 aromatic carbocycles. The number of thiophene rings is 1. The Kier molecular flexibility index (Phi) is 3.83. The van der Waals surface area contributed by atoms with Crippen LogP contribution < -0.4 is 5.32 Å². The van der Waals surface area contributed by atoms with Gasteiger partial charge in [0.1, 0.15) is 12.4 Å². The first-order valence-electron chi connectivity index (χ1n) is 6.64. The van der Waals surface area contributed by atoms with Crippen molar-refractivity contribution in [2.45, 2.75) is 13.5 Å². The van der Waals surface area contributed by atoms with Gasteiger partial charge in [0.2, 0.25) is 5.91 Å². The van der Waals surface area contributed by atoms with E-state index >= 15 is 0 Å². The zero-order valence-electron chi connectivity index (χ0n) is 11.6. The highest BCUT2D eigenvalue weighted by Crippen LogP contribution is 2.22. The van der Waals surface area contributed by atoms with Gasteiger partial charge in [-0.3, -0.25) is 4.79 Å². The minimum atomic E-state index is -0.0589. The number of imidazole rings is 1. The second-order valence-electron chi connectivity index (χ2n) is 4.77. The number of amides is 1. The number of benzene rings is 1. The van der Waals surface area contributed by atoms with E-state index < -0.39 is 0 Å². The number of carbonyl (C=O) groups excluding carboxylic acids is 1. The van der Waals surface area contributed by atoms with Crippen LogP contribution in [0.5, 0.6) is 0 Å². The highest BCUT2D eigenvalue weighted by molar-refractivity contribution is 7.13. The van der Waals surface area contributed by atoms with Crippen molar-refractivity contribution in [3.8, 4) is 10.7 Å². The SMILES string of the molecule is Cc1cccc(NC(=O)Cn2ccnc2-c2cccs2)c1. The minimum absolute atomic E-state index is 0.0589. The average molecular weight is 297 g/mol. The second-order valence-corrected chi connectivity index (χ2v) is 5.72. The molecule has 0 aliphatic rings. The minimum Gasteiger partial charge on any atom is -0.325 e. The van der Waals surface area contributed by atoms with Crippen LogP contribution in [0, 0.1) is 6.92 Å². The molecule has 0 bridgehead atoms. The molecule has 106 valence electrons. The van der Waals surface area contributed by atoms with Crippen LogP contribution in [0.4, 0.5) is 5.69 Å². The number of hydrogen-bond donors (Lipinski definition) is 1. The Morgan fingerprint density at radius 1 is 1.33 bits per heavy atom. The topological polar surface area (TPSA) is 46.9 Å². The molecule has 2 aromatic heterocycles. The van der Waals surface area contributed by atoms with Crippen molar-refractivity contribution in [3.63, 3.8) is 0 Å². The van der Waals surface area contributed by atoms with Crippen molar-refractivity contribution in [1.82, 2.24) is 9.55 Å². The van der Waals surface area contributed by atoms with Crippen LogP contribution >= 0.6 is 11.3 Å². The van der Waals surface area contributed by atoms with Crippen LogP contribution in [0.2, 0.25) is 0 Å².